The van der Waals surface area contributed by atoms with Crippen molar-refractivity contribution in [2.75, 3.05) is 26.7 Å². The summed E-state index contributed by atoms with van der Waals surface area (Å²) < 4.78 is 5.21. The van der Waals surface area contributed by atoms with Crippen molar-refractivity contribution in [2.45, 2.75) is 26.7 Å². The average molecular weight is 250 g/mol. The predicted molar refractivity (Wildman–Crippen MR) is 77.0 cm³/mol. The summed E-state index contributed by atoms with van der Waals surface area (Å²) in [5.74, 6) is 0.927. The summed E-state index contributed by atoms with van der Waals surface area (Å²) in [6.07, 6.45) is 2.08. The van der Waals surface area contributed by atoms with E-state index in [9.17, 15) is 0 Å². The Labute approximate surface area is 111 Å². The summed E-state index contributed by atoms with van der Waals surface area (Å²) in [7, 11) is 1.70. The highest BCUT2D eigenvalue weighted by molar-refractivity contribution is 5.28. The van der Waals surface area contributed by atoms with E-state index >= 15 is 0 Å². The molecule has 0 aliphatic rings. The minimum atomic E-state index is 0.281. The second kappa shape index (κ2) is 7.39. The first-order valence-corrected chi connectivity index (χ1v) is 6.61. The van der Waals surface area contributed by atoms with E-state index in [1.54, 1.807) is 7.11 Å². The van der Waals surface area contributed by atoms with Gasteiger partial charge in [-0.05, 0) is 49.0 Å². The van der Waals surface area contributed by atoms with Crippen LogP contribution in [0.4, 0.5) is 0 Å². The van der Waals surface area contributed by atoms with Crippen LogP contribution in [0.1, 0.15) is 25.8 Å². The highest BCUT2D eigenvalue weighted by Gasteiger charge is 2.15. The summed E-state index contributed by atoms with van der Waals surface area (Å²) in [6, 6.07) is 8.23. The zero-order chi connectivity index (χ0) is 13.4. The van der Waals surface area contributed by atoms with Gasteiger partial charge in [-0.3, -0.25) is 0 Å². The summed E-state index contributed by atoms with van der Waals surface area (Å²) in [5, 5.41) is 3.50. The first kappa shape index (κ1) is 15.0. The smallest absolute Gasteiger partial charge is 0.119 e. The molecule has 0 amide bonds. The van der Waals surface area contributed by atoms with Gasteiger partial charge in [-0.15, -0.1) is 0 Å². The van der Waals surface area contributed by atoms with Gasteiger partial charge >= 0.3 is 0 Å². The van der Waals surface area contributed by atoms with Gasteiger partial charge in [-0.25, -0.2) is 0 Å². The van der Waals surface area contributed by atoms with Gasteiger partial charge in [0.25, 0.3) is 0 Å². The Morgan fingerprint density at radius 3 is 2.78 bits per heavy atom. The lowest BCUT2D eigenvalue weighted by Crippen LogP contribution is -2.32. The summed E-state index contributed by atoms with van der Waals surface area (Å²) in [5.41, 5.74) is 7.19. The molecule has 0 saturated carbocycles. The Morgan fingerprint density at radius 1 is 1.33 bits per heavy atom. The Balaban J connectivity index is 2.29. The minimum Gasteiger partial charge on any atom is -0.497 e. The molecule has 0 aliphatic heterocycles. The van der Waals surface area contributed by atoms with Crippen LogP contribution in [0.3, 0.4) is 0 Å². The van der Waals surface area contributed by atoms with Crippen molar-refractivity contribution < 1.29 is 4.74 Å². The lowest BCUT2D eigenvalue weighted by molar-refractivity contribution is 0.321. The van der Waals surface area contributed by atoms with E-state index in [0.29, 0.717) is 0 Å². The molecule has 18 heavy (non-hydrogen) atoms. The fourth-order valence-electron chi connectivity index (χ4n) is 1.97. The third-order valence-corrected chi connectivity index (χ3v) is 3.15. The molecule has 3 N–H and O–H groups in total. The third kappa shape index (κ3) is 5.52. The van der Waals surface area contributed by atoms with Gasteiger partial charge in [0.05, 0.1) is 7.11 Å². The Kier molecular flexibility index (Phi) is 6.16. The maximum atomic E-state index is 5.60. The summed E-state index contributed by atoms with van der Waals surface area (Å²) in [4.78, 5) is 0. The molecule has 0 aromatic heterocycles. The van der Waals surface area contributed by atoms with Crippen molar-refractivity contribution in [3.63, 3.8) is 0 Å². The highest BCUT2D eigenvalue weighted by atomic mass is 16.5. The highest BCUT2D eigenvalue weighted by Crippen LogP contribution is 2.17. The van der Waals surface area contributed by atoms with Crippen LogP contribution in [0.5, 0.6) is 5.75 Å². The van der Waals surface area contributed by atoms with Crippen LogP contribution < -0.4 is 15.8 Å². The third-order valence-electron chi connectivity index (χ3n) is 3.15. The Morgan fingerprint density at radius 2 is 2.11 bits per heavy atom. The molecule has 3 heteroatoms. The molecule has 0 atom stereocenters. The maximum absolute atomic E-state index is 5.60. The summed E-state index contributed by atoms with van der Waals surface area (Å²) >= 11 is 0. The number of benzene rings is 1. The SMILES string of the molecule is COc1cccc(CCNCC(C)(C)CCN)c1. The number of nitrogens with two attached hydrogens (primary N) is 1. The van der Waals surface area contributed by atoms with E-state index in [1.807, 2.05) is 12.1 Å². The minimum absolute atomic E-state index is 0.281. The van der Waals surface area contributed by atoms with Crippen LogP contribution >= 0.6 is 0 Å². The Hall–Kier alpha value is -1.06. The molecule has 0 saturated heterocycles. The van der Waals surface area contributed by atoms with Crippen molar-refractivity contribution in [3.8, 4) is 5.75 Å². The van der Waals surface area contributed by atoms with E-state index in [0.717, 1.165) is 38.2 Å². The van der Waals surface area contributed by atoms with Crippen LogP contribution in [0.15, 0.2) is 24.3 Å². The van der Waals surface area contributed by atoms with E-state index in [1.165, 1.54) is 5.56 Å². The molecule has 0 aliphatic carbocycles. The van der Waals surface area contributed by atoms with Gasteiger partial charge in [0.2, 0.25) is 0 Å². The molecular formula is C15H26N2O. The fraction of sp³-hybridized carbons (Fsp3) is 0.600. The molecular weight excluding hydrogens is 224 g/mol. The lowest BCUT2D eigenvalue weighted by atomic mass is 9.89. The van der Waals surface area contributed by atoms with Crippen LogP contribution in [0.2, 0.25) is 0 Å². The fourth-order valence-corrected chi connectivity index (χ4v) is 1.97. The first-order chi connectivity index (χ1) is 8.57. The van der Waals surface area contributed by atoms with Crippen molar-refractivity contribution in [1.29, 1.82) is 0 Å². The molecule has 1 rings (SSSR count). The van der Waals surface area contributed by atoms with E-state index in [4.69, 9.17) is 10.5 Å². The van der Waals surface area contributed by atoms with Crippen LogP contribution in [-0.4, -0.2) is 26.7 Å². The van der Waals surface area contributed by atoms with Crippen molar-refractivity contribution in [2.24, 2.45) is 11.1 Å². The topological polar surface area (TPSA) is 47.3 Å². The quantitative estimate of drug-likeness (QED) is 0.695. The van der Waals surface area contributed by atoms with E-state index in [2.05, 4.69) is 31.3 Å². The number of methoxy groups -OCH3 is 1. The number of hydrogen-bond acceptors (Lipinski definition) is 3. The van der Waals surface area contributed by atoms with Crippen molar-refractivity contribution >= 4 is 0 Å². The second-order valence-electron chi connectivity index (χ2n) is 5.48. The Bertz CT molecular complexity index is 350. The largest absolute Gasteiger partial charge is 0.497 e. The van der Waals surface area contributed by atoms with Crippen LogP contribution in [0, 0.1) is 5.41 Å². The molecule has 0 spiro atoms. The van der Waals surface area contributed by atoms with Crippen molar-refractivity contribution in [3.05, 3.63) is 29.8 Å². The molecule has 3 nitrogen and oxygen atoms in total. The van der Waals surface area contributed by atoms with E-state index in [-0.39, 0.29) is 5.41 Å². The molecule has 0 fully saturated rings. The molecule has 0 heterocycles. The maximum Gasteiger partial charge on any atom is 0.119 e. The summed E-state index contributed by atoms with van der Waals surface area (Å²) in [6.45, 7) is 7.25. The van der Waals surface area contributed by atoms with Gasteiger partial charge in [0.15, 0.2) is 0 Å². The molecule has 1 aromatic rings. The van der Waals surface area contributed by atoms with Crippen molar-refractivity contribution in [1.82, 2.24) is 5.32 Å². The zero-order valence-electron chi connectivity index (χ0n) is 11.8. The monoisotopic (exact) mass is 250 g/mol. The molecule has 0 radical (unpaired) electrons. The van der Waals surface area contributed by atoms with Crippen LogP contribution in [0.25, 0.3) is 0 Å². The average Bonchev–Trinajstić information content (AvgIpc) is 2.35. The predicted octanol–water partition coefficient (Wildman–Crippen LogP) is 2.20. The standard InChI is InChI=1S/C15H26N2O/c1-15(2,8-9-16)12-17-10-7-13-5-4-6-14(11-13)18-3/h4-6,11,17H,7-10,12,16H2,1-3H3. The molecule has 1 aromatic carbocycles. The number of rotatable bonds is 8. The number of ether oxygens (including phenoxy) is 1. The molecule has 0 unspecified atom stereocenters. The molecule has 102 valence electrons. The normalized spacial score (nSPS) is 11.6. The van der Waals surface area contributed by atoms with Gasteiger partial charge in [-0.1, -0.05) is 26.0 Å². The van der Waals surface area contributed by atoms with Gasteiger partial charge < -0.3 is 15.8 Å². The van der Waals surface area contributed by atoms with Gasteiger partial charge in [0, 0.05) is 6.54 Å². The van der Waals surface area contributed by atoms with Gasteiger partial charge in [0.1, 0.15) is 5.75 Å². The molecule has 0 bridgehead atoms. The number of nitrogens with one attached hydrogen (secondary N) is 1. The zero-order valence-corrected chi connectivity index (χ0v) is 11.8. The van der Waals surface area contributed by atoms with Gasteiger partial charge in [-0.2, -0.15) is 0 Å². The first-order valence-electron chi connectivity index (χ1n) is 6.61. The van der Waals surface area contributed by atoms with E-state index < -0.39 is 0 Å². The lowest BCUT2D eigenvalue weighted by Gasteiger charge is -2.24. The number of hydrogen-bond donors (Lipinski definition) is 2. The van der Waals surface area contributed by atoms with Crippen LogP contribution in [-0.2, 0) is 6.42 Å². The second-order valence-corrected chi connectivity index (χ2v) is 5.48.